The highest BCUT2D eigenvalue weighted by Gasteiger charge is 2.16. The number of anilines is 2. The average Bonchev–Trinajstić information content (AvgIpc) is 2.56. The molecule has 138 valence electrons. The fourth-order valence-electron chi connectivity index (χ4n) is 1.98. The van der Waals surface area contributed by atoms with E-state index in [1.807, 2.05) is 0 Å². The minimum absolute atomic E-state index is 0.154. The summed E-state index contributed by atoms with van der Waals surface area (Å²) in [5, 5.41) is 14.0. The van der Waals surface area contributed by atoms with E-state index in [9.17, 15) is 14.4 Å². The molecule has 25 heavy (non-hydrogen) atoms. The van der Waals surface area contributed by atoms with Crippen LogP contribution in [0.1, 0.15) is 40.0 Å². The quantitative estimate of drug-likeness (QED) is 0.596. The van der Waals surface area contributed by atoms with Crippen LogP contribution >= 0.6 is 0 Å². The third-order valence-corrected chi connectivity index (χ3v) is 3.12. The first-order valence-corrected chi connectivity index (χ1v) is 8.16. The Balaban J connectivity index is 3.12. The number of nitrogens with one attached hydrogen (secondary N) is 2. The van der Waals surface area contributed by atoms with E-state index in [0.717, 1.165) is 0 Å². The van der Waals surface area contributed by atoms with Gasteiger partial charge in [-0.15, -0.1) is 0 Å². The molecule has 0 spiro atoms. The first kappa shape index (κ1) is 20.3. The number of carbonyl (C=O) groups excluding carboxylic acids is 2. The van der Waals surface area contributed by atoms with Crippen molar-refractivity contribution in [1.29, 1.82) is 0 Å². The molecule has 0 radical (unpaired) electrons. The van der Waals surface area contributed by atoms with Crippen molar-refractivity contribution in [3.05, 3.63) is 12.1 Å². The third kappa shape index (κ3) is 6.70. The minimum atomic E-state index is -1.05. The van der Waals surface area contributed by atoms with Crippen molar-refractivity contribution in [2.24, 2.45) is 0 Å². The summed E-state index contributed by atoms with van der Waals surface area (Å²) in [6, 6.07) is 3.13. The molecule has 1 aromatic carbocycles. The molecule has 0 heterocycles. The van der Waals surface area contributed by atoms with Crippen LogP contribution in [0.5, 0.6) is 11.5 Å². The number of amides is 2. The number of benzene rings is 1. The van der Waals surface area contributed by atoms with Crippen LogP contribution in [0.15, 0.2) is 12.1 Å². The Morgan fingerprint density at radius 3 is 1.76 bits per heavy atom. The van der Waals surface area contributed by atoms with Gasteiger partial charge in [0.25, 0.3) is 0 Å². The van der Waals surface area contributed by atoms with Gasteiger partial charge in [-0.1, -0.05) is 6.92 Å². The van der Waals surface area contributed by atoms with E-state index in [1.165, 1.54) is 0 Å². The number of carboxylic acids is 1. The number of rotatable bonds is 10. The van der Waals surface area contributed by atoms with Crippen LogP contribution in [-0.4, -0.2) is 36.1 Å². The van der Waals surface area contributed by atoms with Gasteiger partial charge in [0.15, 0.2) is 0 Å². The summed E-state index contributed by atoms with van der Waals surface area (Å²) in [5.41, 5.74) is 0.802. The third-order valence-electron chi connectivity index (χ3n) is 3.12. The molecular formula is C17H24N2O6. The second kappa shape index (κ2) is 10.2. The Hall–Kier alpha value is -2.77. The van der Waals surface area contributed by atoms with Crippen LogP contribution < -0.4 is 20.1 Å². The SMILES string of the molecule is CCOc1cc(NC(=O)CCC(=O)O)c(OCC)cc1NC(=O)CC. The van der Waals surface area contributed by atoms with Crippen LogP contribution in [0.25, 0.3) is 0 Å². The highest BCUT2D eigenvalue weighted by molar-refractivity contribution is 5.97. The van der Waals surface area contributed by atoms with E-state index in [-0.39, 0.29) is 18.7 Å². The van der Waals surface area contributed by atoms with E-state index >= 15 is 0 Å². The smallest absolute Gasteiger partial charge is 0.303 e. The van der Waals surface area contributed by atoms with Gasteiger partial charge in [0.05, 0.1) is 31.0 Å². The van der Waals surface area contributed by atoms with Gasteiger partial charge in [-0.25, -0.2) is 0 Å². The number of ether oxygens (including phenoxy) is 2. The number of carboxylic acid groups (broad SMARTS) is 1. The van der Waals surface area contributed by atoms with E-state index in [0.29, 0.717) is 42.5 Å². The van der Waals surface area contributed by atoms with Crippen LogP contribution in [0.4, 0.5) is 11.4 Å². The van der Waals surface area contributed by atoms with E-state index in [4.69, 9.17) is 14.6 Å². The molecule has 1 aromatic rings. The molecule has 0 aromatic heterocycles. The fraction of sp³-hybridized carbons (Fsp3) is 0.471. The van der Waals surface area contributed by atoms with Gasteiger partial charge in [0.1, 0.15) is 11.5 Å². The molecule has 0 bridgehead atoms. The molecule has 0 unspecified atom stereocenters. The maximum atomic E-state index is 11.9. The van der Waals surface area contributed by atoms with Crippen molar-refractivity contribution in [1.82, 2.24) is 0 Å². The zero-order valence-electron chi connectivity index (χ0n) is 14.7. The molecule has 0 saturated heterocycles. The summed E-state index contributed by atoms with van der Waals surface area (Å²) < 4.78 is 11.0. The molecule has 0 aliphatic carbocycles. The molecule has 0 aliphatic rings. The Labute approximate surface area is 146 Å². The fourth-order valence-corrected chi connectivity index (χ4v) is 1.98. The molecule has 3 N–H and O–H groups in total. The van der Waals surface area contributed by atoms with Crippen molar-refractivity contribution >= 4 is 29.2 Å². The Morgan fingerprint density at radius 1 is 0.880 bits per heavy atom. The zero-order valence-corrected chi connectivity index (χ0v) is 14.7. The molecule has 1 rings (SSSR count). The van der Waals surface area contributed by atoms with Gasteiger partial charge < -0.3 is 25.2 Å². The van der Waals surface area contributed by atoms with Gasteiger partial charge in [-0.3, -0.25) is 14.4 Å². The first-order valence-electron chi connectivity index (χ1n) is 8.16. The van der Waals surface area contributed by atoms with Gasteiger partial charge in [-0.05, 0) is 13.8 Å². The van der Waals surface area contributed by atoms with Gasteiger partial charge in [-0.2, -0.15) is 0 Å². The Kier molecular flexibility index (Phi) is 8.25. The van der Waals surface area contributed by atoms with Crippen molar-refractivity contribution in [2.45, 2.75) is 40.0 Å². The zero-order chi connectivity index (χ0) is 18.8. The summed E-state index contributed by atoms with van der Waals surface area (Å²) in [4.78, 5) is 34.2. The van der Waals surface area contributed by atoms with Crippen LogP contribution in [0.3, 0.4) is 0 Å². The van der Waals surface area contributed by atoms with Crippen LogP contribution in [0, 0.1) is 0 Å². The second-order valence-corrected chi connectivity index (χ2v) is 5.05. The molecule has 2 amide bonds. The van der Waals surface area contributed by atoms with Crippen LogP contribution in [-0.2, 0) is 14.4 Å². The Bertz CT molecular complexity index is 630. The number of hydrogen-bond donors (Lipinski definition) is 3. The maximum absolute atomic E-state index is 11.9. The predicted molar refractivity (Wildman–Crippen MR) is 93.2 cm³/mol. The molecule has 8 heteroatoms. The van der Waals surface area contributed by atoms with E-state index in [2.05, 4.69) is 10.6 Å². The minimum Gasteiger partial charge on any atom is -0.492 e. The van der Waals surface area contributed by atoms with Crippen LogP contribution in [0.2, 0.25) is 0 Å². The normalized spacial score (nSPS) is 10.0. The molecular weight excluding hydrogens is 328 g/mol. The molecule has 8 nitrogen and oxygen atoms in total. The van der Waals surface area contributed by atoms with Crippen molar-refractivity contribution < 1.29 is 29.0 Å². The van der Waals surface area contributed by atoms with Crippen molar-refractivity contribution in [2.75, 3.05) is 23.8 Å². The van der Waals surface area contributed by atoms with Gasteiger partial charge in [0, 0.05) is 25.0 Å². The van der Waals surface area contributed by atoms with Gasteiger partial charge >= 0.3 is 5.97 Å². The standard InChI is InChI=1S/C17H24N2O6/c1-4-15(20)18-11-9-14(25-6-3)12(10-13(11)24-5-2)19-16(21)7-8-17(22)23/h9-10H,4-8H2,1-3H3,(H,18,20)(H,19,21)(H,22,23). The lowest BCUT2D eigenvalue weighted by Gasteiger charge is -2.17. The van der Waals surface area contributed by atoms with Crippen molar-refractivity contribution in [3.8, 4) is 11.5 Å². The lowest BCUT2D eigenvalue weighted by molar-refractivity contribution is -0.138. The largest absolute Gasteiger partial charge is 0.492 e. The first-order chi connectivity index (χ1) is 11.9. The lowest BCUT2D eigenvalue weighted by Crippen LogP contribution is -2.15. The monoisotopic (exact) mass is 352 g/mol. The van der Waals surface area contributed by atoms with E-state index < -0.39 is 11.9 Å². The molecule has 0 aliphatic heterocycles. The summed E-state index contributed by atoms with van der Waals surface area (Å²) in [6.07, 6.45) is -0.110. The average molecular weight is 352 g/mol. The Morgan fingerprint density at radius 2 is 1.36 bits per heavy atom. The maximum Gasteiger partial charge on any atom is 0.303 e. The predicted octanol–water partition coefficient (Wildman–Crippen LogP) is 2.64. The van der Waals surface area contributed by atoms with E-state index in [1.54, 1.807) is 32.9 Å². The number of carbonyl (C=O) groups is 3. The number of aliphatic carboxylic acids is 1. The summed E-state index contributed by atoms with van der Waals surface area (Å²) in [7, 11) is 0. The summed E-state index contributed by atoms with van der Waals surface area (Å²) in [5.74, 6) is -0.923. The number of hydrogen-bond acceptors (Lipinski definition) is 5. The topological polar surface area (TPSA) is 114 Å². The summed E-state index contributed by atoms with van der Waals surface area (Å²) >= 11 is 0. The molecule has 0 fully saturated rings. The highest BCUT2D eigenvalue weighted by atomic mass is 16.5. The van der Waals surface area contributed by atoms with Gasteiger partial charge in [0.2, 0.25) is 11.8 Å². The molecule has 0 saturated carbocycles. The van der Waals surface area contributed by atoms with Crippen molar-refractivity contribution in [3.63, 3.8) is 0 Å². The molecule has 0 atom stereocenters. The highest BCUT2D eigenvalue weighted by Crippen LogP contribution is 2.37. The second-order valence-electron chi connectivity index (χ2n) is 5.05. The lowest BCUT2D eigenvalue weighted by atomic mass is 10.2. The summed E-state index contributed by atoms with van der Waals surface area (Å²) in [6.45, 7) is 6.04.